The number of halogens is 1. The molecule has 66 valence electrons. The van der Waals surface area contributed by atoms with Gasteiger partial charge in [-0.15, -0.1) is 11.3 Å². The summed E-state index contributed by atoms with van der Waals surface area (Å²) in [6, 6.07) is 5.08. The molecule has 0 saturated carbocycles. The van der Waals surface area contributed by atoms with Gasteiger partial charge in [-0.25, -0.2) is 0 Å². The van der Waals surface area contributed by atoms with Crippen molar-refractivity contribution in [1.82, 2.24) is 0 Å². The van der Waals surface area contributed by atoms with Gasteiger partial charge in [0.2, 0.25) is 0 Å². The van der Waals surface area contributed by atoms with Crippen molar-refractivity contribution in [2.75, 3.05) is 0 Å². The smallest absolute Gasteiger partial charge is 0.152 e. The molecule has 1 aromatic carbocycles. The fraction of sp³-hybridized carbons (Fsp3) is 0. The number of carbonyl (C=O) groups is 1. The maximum Gasteiger partial charge on any atom is 0.152 e. The average molecular weight is 304 g/mol. The van der Waals surface area contributed by atoms with Crippen molar-refractivity contribution in [2.45, 2.75) is 0 Å². The molecule has 0 fully saturated rings. The van der Waals surface area contributed by atoms with E-state index in [2.05, 4.69) is 22.6 Å². The Bertz CT molecular complexity index is 476. The third kappa shape index (κ3) is 1.44. The topological polar surface area (TPSA) is 37.3 Å². The van der Waals surface area contributed by atoms with Crippen molar-refractivity contribution in [3.05, 3.63) is 26.6 Å². The molecule has 1 heterocycles. The van der Waals surface area contributed by atoms with Gasteiger partial charge in [0, 0.05) is 15.6 Å². The quantitative estimate of drug-likeness (QED) is 0.649. The van der Waals surface area contributed by atoms with E-state index in [1.165, 1.54) is 0 Å². The first kappa shape index (κ1) is 8.96. The van der Waals surface area contributed by atoms with Gasteiger partial charge < -0.3 is 5.11 Å². The Morgan fingerprint density at radius 2 is 2.23 bits per heavy atom. The van der Waals surface area contributed by atoms with Gasteiger partial charge in [0.1, 0.15) is 5.75 Å². The first-order valence-corrected chi connectivity index (χ1v) is 5.48. The van der Waals surface area contributed by atoms with Crippen molar-refractivity contribution >= 4 is 50.3 Å². The maximum absolute atomic E-state index is 10.7. The van der Waals surface area contributed by atoms with Crippen LogP contribution in [0.3, 0.4) is 0 Å². The van der Waals surface area contributed by atoms with Crippen LogP contribution in [0.5, 0.6) is 5.75 Å². The molecule has 0 saturated heterocycles. The lowest BCUT2D eigenvalue weighted by molar-refractivity contribution is 0.112. The van der Waals surface area contributed by atoms with Gasteiger partial charge in [-0.1, -0.05) is 0 Å². The lowest BCUT2D eigenvalue weighted by Gasteiger charge is -1.91. The average Bonchev–Trinajstić information content (AvgIpc) is 2.40. The van der Waals surface area contributed by atoms with Crippen LogP contribution in [0, 0.1) is 2.88 Å². The fourth-order valence-corrected chi connectivity index (χ4v) is 3.19. The lowest BCUT2D eigenvalue weighted by Crippen LogP contribution is -1.77. The number of phenolic OH excluding ortho intramolecular Hbond substituents is 1. The van der Waals surface area contributed by atoms with Gasteiger partial charge in [-0.3, -0.25) is 4.79 Å². The van der Waals surface area contributed by atoms with E-state index in [1.807, 2.05) is 6.07 Å². The predicted octanol–water partition coefficient (Wildman–Crippen LogP) is 3.02. The highest BCUT2D eigenvalue weighted by Gasteiger charge is 2.09. The van der Waals surface area contributed by atoms with Crippen LogP contribution in [0.15, 0.2) is 18.2 Å². The van der Waals surface area contributed by atoms with Gasteiger partial charge in [0.25, 0.3) is 0 Å². The van der Waals surface area contributed by atoms with Crippen LogP contribution in [0.4, 0.5) is 0 Å². The molecule has 0 bridgehead atoms. The number of aromatic hydroxyl groups is 1. The Hall–Kier alpha value is -0.620. The molecule has 0 aliphatic carbocycles. The summed E-state index contributed by atoms with van der Waals surface area (Å²) in [5.41, 5.74) is 0.677. The summed E-state index contributed by atoms with van der Waals surface area (Å²) in [5, 5.41) is 10.1. The van der Waals surface area contributed by atoms with Crippen LogP contribution >= 0.6 is 33.9 Å². The second kappa shape index (κ2) is 3.26. The van der Waals surface area contributed by atoms with E-state index >= 15 is 0 Å². The Labute approximate surface area is 92.3 Å². The molecule has 0 amide bonds. The zero-order chi connectivity index (χ0) is 9.42. The molecule has 0 aliphatic heterocycles. The third-order valence-corrected chi connectivity index (χ3v) is 4.00. The van der Waals surface area contributed by atoms with E-state index in [0.29, 0.717) is 5.56 Å². The number of phenols is 1. The molecular formula is C9H5IO2S. The van der Waals surface area contributed by atoms with Crippen LogP contribution in [0.25, 0.3) is 10.1 Å². The minimum atomic E-state index is 0.199. The summed E-state index contributed by atoms with van der Waals surface area (Å²) >= 11 is 3.69. The number of aldehydes is 1. The largest absolute Gasteiger partial charge is 0.508 e. The highest BCUT2D eigenvalue weighted by Crippen LogP contribution is 2.33. The first-order valence-electron chi connectivity index (χ1n) is 3.58. The van der Waals surface area contributed by atoms with Gasteiger partial charge in [-0.2, -0.15) is 0 Å². The molecule has 1 N–H and O–H groups in total. The van der Waals surface area contributed by atoms with Crippen LogP contribution in [0.1, 0.15) is 10.4 Å². The third-order valence-electron chi connectivity index (χ3n) is 1.78. The minimum Gasteiger partial charge on any atom is -0.508 e. The second-order valence-electron chi connectivity index (χ2n) is 2.59. The van der Waals surface area contributed by atoms with E-state index in [4.69, 9.17) is 0 Å². The van der Waals surface area contributed by atoms with Gasteiger partial charge in [-0.05, 0) is 40.8 Å². The van der Waals surface area contributed by atoms with Crippen LogP contribution < -0.4 is 0 Å². The zero-order valence-corrected chi connectivity index (χ0v) is 9.43. The minimum absolute atomic E-state index is 0.199. The number of rotatable bonds is 1. The van der Waals surface area contributed by atoms with E-state index in [1.54, 1.807) is 23.5 Å². The molecule has 1 aromatic heterocycles. The lowest BCUT2D eigenvalue weighted by atomic mass is 10.2. The molecular weight excluding hydrogens is 299 g/mol. The van der Waals surface area contributed by atoms with Crippen molar-refractivity contribution in [3.63, 3.8) is 0 Å². The molecule has 2 rings (SSSR count). The van der Waals surface area contributed by atoms with E-state index in [9.17, 15) is 9.90 Å². The molecule has 4 heteroatoms. The molecule has 0 spiro atoms. The van der Waals surface area contributed by atoms with Crippen molar-refractivity contribution in [3.8, 4) is 5.75 Å². The number of hydrogen-bond donors (Lipinski definition) is 1. The summed E-state index contributed by atoms with van der Waals surface area (Å²) in [4.78, 5) is 10.7. The van der Waals surface area contributed by atoms with Gasteiger partial charge >= 0.3 is 0 Å². The van der Waals surface area contributed by atoms with Gasteiger partial charge in [0.05, 0.1) is 2.88 Å². The fourth-order valence-electron chi connectivity index (χ4n) is 1.18. The highest BCUT2D eigenvalue weighted by atomic mass is 127. The van der Waals surface area contributed by atoms with Crippen LogP contribution in [0.2, 0.25) is 0 Å². The highest BCUT2D eigenvalue weighted by molar-refractivity contribution is 14.1. The standard InChI is InChI=1S/C9H5IO2S/c10-9-7(4-11)6-3-5(12)1-2-8(6)13-9/h1-4,12H. The number of fused-ring (bicyclic) bond motifs is 1. The number of hydrogen-bond acceptors (Lipinski definition) is 3. The summed E-state index contributed by atoms with van der Waals surface area (Å²) in [5.74, 6) is 0.199. The molecule has 2 nitrogen and oxygen atoms in total. The summed E-state index contributed by atoms with van der Waals surface area (Å²) < 4.78 is 2.00. The van der Waals surface area contributed by atoms with Crippen molar-refractivity contribution < 1.29 is 9.90 Å². The summed E-state index contributed by atoms with van der Waals surface area (Å²) in [6.45, 7) is 0. The molecule has 13 heavy (non-hydrogen) atoms. The maximum atomic E-state index is 10.7. The molecule has 2 aromatic rings. The van der Waals surface area contributed by atoms with E-state index < -0.39 is 0 Å². The first-order chi connectivity index (χ1) is 6.22. The summed E-state index contributed by atoms with van der Waals surface area (Å²) in [6.07, 6.45) is 0.833. The van der Waals surface area contributed by atoms with Crippen molar-refractivity contribution in [1.29, 1.82) is 0 Å². The summed E-state index contributed by atoms with van der Waals surface area (Å²) in [7, 11) is 0. The van der Waals surface area contributed by atoms with Crippen LogP contribution in [-0.2, 0) is 0 Å². The molecule has 0 radical (unpaired) electrons. The Morgan fingerprint density at radius 1 is 1.46 bits per heavy atom. The molecule has 0 unspecified atom stereocenters. The van der Waals surface area contributed by atoms with Crippen LogP contribution in [-0.4, -0.2) is 11.4 Å². The van der Waals surface area contributed by atoms with E-state index in [-0.39, 0.29) is 5.75 Å². The normalized spacial score (nSPS) is 10.5. The molecule has 0 atom stereocenters. The number of carbonyl (C=O) groups excluding carboxylic acids is 1. The zero-order valence-electron chi connectivity index (χ0n) is 6.45. The number of benzene rings is 1. The molecule has 0 aliphatic rings. The Balaban J connectivity index is 2.88. The van der Waals surface area contributed by atoms with Gasteiger partial charge in [0.15, 0.2) is 6.29 Å². The Morgan fingerprint density at radius 3 is 2.92 bits per heavy atom. The monoisotopic (exact) mass is 304 g/mol. The number of thiophene rings is 1. The predicted molar refractivity (Wildman–Crippen MR) is 61.6 cm³/mol. The Kier molecular flexibility index (Phi) is 2.25. The second-order valence-corrected chi connectivity index (χ2v) is 5.45. The van der Waals surface area contributed by atoms with E-state index in [0.717, 1.165) is 19.3 Å². The SMILES string of the molecule is O=Cc1c(I)sc2ccc(O)cc12. The van der Waals surface area contributed by atoms with Crippen molar-refractivity contribution in [2.24, 2.45) is 0 Å².